The van der Waals surface area contributed by atoms with Crippen molar-refractivity contribution in [3.05, 3.63) is 24.3 Å². The monoisotopic (exact) mass is 330 g/mol. The molecule has 0 aliphatic carbocycles. The highest BCUT2D eigenvalue weighted by molar-refractivity contribution is 8.00. The summed E-state index contributed by atoms with van der Waals surface area (Å²) in [6, 6.07) is 7.47. The van der Waals surface area contributed by atoms with Crippen molar-refractivity contribution in [3.8, 4) is 0 Å². The van der Waals surface area contributed by atoms with Gasteiger partial charge in [-0.05, 0) is 29.5 Å². The molecular formula is C15H26N2O2S2. The summed E-state index contributed by atoms with van der Waals surface area (Å²) in [5.41, 5.74) is 6.34. The van der Waals surface area contributed by atoms with Crippen LogP contribution in [-0.2, 0) is 10.0 Å². The number of sulfonamides is 1. The van der Waals surface area contributed by atoms with Crippen molar-refractivity contribution in [1.82, 2.24) is 4.72 Å². The molecule has 1 aromatic carbocycles. The maximum absolute atomic E-state index is 12.0. The Balaban J connectivity index is 2.43. The van der Waals surface area contributed by atoms with E-state index in [9.17, 15) is 8.42 Å². The minimum Gasteiger partial charge on any atom is -0.399 e. The molecule has 0 aliphatic rings. The Labute approximate surface area is 132 Å². The number of nitrogens with two attached hydrogens (primary N) is 1. The Kier molecular flexibility index (Phi) is 6.56. The molecule has 0 radical (unpaired) electrons. The van der Waals surface area contributed by atoms with Gasteiger partial charge in [-0.25, -0.2) is 13.1 Å². The van der Waals surface area contributed by atoms with Gasteiger partial charge in [0.1, 0.15) is 0 Å². The third-order valence-corrected chi connectivity index (χ3v) is 6.37. The summed E-state index contributed by atoms with van der Waals surface area (Å²) >= 11 is 1.50. The standard InChI is InChI=1S/C15H26N2O2S2/c1-12(2)15(3,4)11-17-21(18,19)9-8-20-14-7-5-6-13(16)10-14/h5-7,10,12,17H,8-9,11,16H2,1-4H3. The van der Waals surface area contributed by atoms with Crippen molar-refractivity contribution in [1.29, 1.82) is 0 Å². The van der Waals surface area contributed by atoms with Gasteiger partial charge in [0.25, 0.3) is 0 Å². The van der Waals surface area contributed by atoms with Crippen molar-refractivity contribution in [2.45, 2.75) is 32.6 Å². The molecule has 0 amide bonds. The van der Waals surface area contributed by atoms with E-state index in [-0.39, 0.29) is 11.2 Å². The van der Waals surface area contributed by atoms with E-state index in [0.29, 0.717) is 23.9 Å². The zero-order valence-electron chi connectivity index (χ0n) is 13.2. The Morgan fingerprint density at radius 1 is 1.33 bits per heavy atom. The Hall–Kier alpha value is -0.720. The van der Waals surface area contributed by atoms with E-state index in [1.807, 2.05) is 24.3 Å². The van der Waals surface area contributed by atoms with Crippen LogP contribution in [0.25, 0.3) is 0 Å². The lowest BCUT2D eigenvalue weighted by molar-refractivity contribution is 0.252. The van der Waals surface area contributed by atoms with Gasteiger partial charge in [-0.2, -0.15) is 0 Å². The van der Waals surface area contributed by atoms with Crippen LogP contribution in [0.5, 0.6) is 0 Å². The van der Waals surface area contributed by atoms with Crippen molar-refractivity contribution in [3.63, 3.8) is 0 Å². The normalized spacial score (nSPS) is 12.8. The van der Waals surface area contributed by atoms with Crippen molar-refractivity contribution in [2.24, 2.45) is 11.3 Å². The van der Waals surface area contributed by atoms with E-state index in [1.54, 1.807) is 0 Å². The van der Waals surface area contributed by atoms with Crippen LogP contribution in [0.3, 0.4) is 0 Å². The van der Waals surface area contributed by atoms with E-state index in [2.05, 4.69) is 32.4 Å². The second-order valence-corrected chi connectivity index (χ2v) is 9.30. The molecule has 0 aromatic heterocycles. The highest BCUT2D eigenvalue weighted by atomic mass is 32.2. The van der Waals surface area contributed by atoms with Gasteiger partial charge in [-0.3, -0.25) is 0 Å². The second-order valence-electron chi connectivity index (χ2n) is 6.20. The molecule has 1 rings (SSSR count). The number of anilines is 1. The molecular weight excluding hydrogens is 304 g/mol. The van der Waals surface area contributed by atoms with Gasteiger partial charge in [0.2, 0.25) is 10.0 Å². The molecule has 120 valence electrons. The number of rotatable bonds is 8. The summed E-state index contributed by atoms with van der Waals surface area (Å²) in [7, 11) is -3.23. The highest BCUT2D eigenvalue weighted by Gasteiger charge is 2.24. The molecule has 0 atom stereocenters. The van der Waals surface area contributed by atoms with Crippen LogP contribution < -0.4 is 10.5 Å². The van der Waals surface area contributed by atoms with E-state index in [1.165, 1.54) is 11.8 Å². The topological polar surface area (TPSA) is 72.2 Å². The maximum atomic E-state index is 12.0. The summed E-state index contributed by atoms with van der Waals surface area (Å²) in [5, 5.41) is 0. The average molecular weight is 331 g/mol. The van der Waals surface area contributed by atoms with E-state index in [4.69, 9.17) is 5.73 Å². The lowest BCUT2D eigenvalue weighted by Crippen LogP contribution is -2.38. The van der Waals surface area contributed by atoms with Crippen LogP contribution in [0.15, 0.2) is 29.2 Å². The van der Waals surface area contributed by atoms with E-state index in [0.717, 1.165) is 4.90 Å². The first-order chi connectivity index (χ1) is 9.62. The van der Waals surface area contributed by atoms with Crippen molar-refractivity contribution in [2.75, 3.05) is 23.8 Å². The molecule has 0 fully saturated rings. The van der Waals surface area contributed by atoms with Crippen molar-refractivity contribution >= 4 is 27.5 Å². The summed E-state index contributed by atoms with van der Waals surface area (Å²) in [6.45, 7) is 8.81. The van der Waals surface area contributed by atoms with Gasteiger partial charge < -0.3 is 5.73 Å². The van der Waals surface area contributed by atoms with E-state index < -0.39 is 10.0 Å². The van der Waals surface area contributed by atoms with Gasteiger partial charge in [-0.1, -0.05) is 33.8 Å². The molecule has 0 saturated heterocycles. The van der Waals surface area contributed by atoms with Crippen LogP contribution in [0.2, 0.25) is 0 Å². The van der Waals surface area contributed by atoms with E-state index >= 15 is 0 Å². The first-order valence-corrected chi connectivity index (χ1v) is 9.72. The Bertz CT molecular complexity index is 555. The summed E-state index contributed by atoms with van der Waals surface area (Å²) in [4.78, 5) is 0.993. The summed E-state index contributed by atoms with van der Waals surface area (Å²) in [6.07, 6.45) is 0. The van der Waals surface area contributed by atoms with Crippen LogP contribution in [-0.4, -0.2) is 26.5 Å². The average Bonchev–Trinajstić information content (AvgIpc) is 2.36. The Morgan fingerprint density at radius 2 is 2.00 bits per heavy atom. The molecule has 0 spiro atoms. The molecule has 0 unspecified atom stereocenters. The predicted molar refractivity (Wildman–Crippen MR) is 92.0 cm³/mol. The molecule has 21 heavy (non-hydrogen) atoms. The maximum Gasteiger partial charge on any atom is 0.212 e. The largest absolute Gasteiger partial charge is 0.399 e. The third-order valence-electron chi connectivity index (χ3n) is 3.79. The first-order valence-electron chi connectivity index (χ1n) is 7.08. The van der Waals surface area contributed by atoms with Crippen molar-refractivity contribution < 1.29 is 8.42 Å². The smallest absolute Gasteiger partial charge is 0.212 e. The summed E-state index contributed by atoms with van der Waals surface area (Å²) < 4.78 is 26.7. The summed E-state index contributed by atoms with van der Waals surface area (Å²) in [5.74, 6) is 1.04. The van der Waals surface area contributed by atoms with Crippen LogP contribution in [0.1, 0.15) is 27.7 Å². The quantitative estimate of drug-likeness (QED) is 0.568. The van der Waals surface area contributed by atoms with Crippen LogP contribution in [0.4, 0.5) is 5.69 Å². The lowest BCUT2D eigenvalue weighted by Gasteiger charge is -2.29. The van der Waals surface area contributed by atoms with Gasteiger partial charge in [0, 0.05) is 22.9 Å². The number of nitrogens with one attached hydrogen (secondary N) is 1. The minimum atomic E-state index is -3.23. The molecule has 6 heteroatoms. The fourth-order valence-electron chi connectivity index (χ4n) is 1.45. The lowest BCUT2D eigenvalue weighted by atomic mass is 9.81. The van der Waals surface area contributed by atoms with Gasteiger partial charge in [-0.15, -0.1) is 11.8 Å². The number of nitrogen functional groups attached to an aromatic ring is 1. The SMILES string of the molecule is CC(C)C(C)(C)CNS(=O)(=O)CCSc1cccc(N)c1. The van der Waals surface area contributed by atoms with Gasteiger partial charge in [0.05, 0.1) is 5.75 Å². The Morgan fingerprint density at radius 3 is 2.57 bits per heavy atom. The number of benzene rings is 1. The molecule has 0 heterocycles. The predicted octanol–water partition coefficient (Wildman–Crippen LogP) is 2.96. The molecule has 0 bridgehead atoms. The van der Waals surface area contributed by atoms with Crippen LogP contribution in [0, 0.1) is 11.3 Å². The molecule has 0 saturated carbocycles. The fraction of sp³-hybridized carbons (Fsp3) is 0.600. The highest BCUT2D eigenvalue weighted by Crippen LogP contribution is 2.25. The zero-order valence-corrected chi connectivity index (χ0v) is 14.9. The number of thioether (sulfide) groups is 1. The number of hydrogen-bond donors (Lipinski definition) is 2. The van der Waals surface area contributed by atoms with Gasteiger partial charge >= 0.3 is 0 Å². The van der Waals surface area contributed by atoms with Crippen LogP contribution >= 0.6 is 11.8 Å². The molecule has 3 N–H and O–H groups in total. The third kappa shape index (κ3) is 6.72. The number of hydrogen-bond acceptors (Lipinski definition) is 4. The zero-order chi connectivity index (χ0) is 16.1. The molecule has 4 nitrogen and oxygen atoms in total. The minimum absolute atomic E-state index is 0.0475. The molecule has 1 aromatic rings. The first kappa shape index (κ1) is 18.3. The van der Waals surface area contributed by atoms with Gasteiger partial charge in [0.15, 0.2) is 0 Å². The molecule has 0 aliphatic heterocycles. The fourth-order valence-corrected chi connectivity index (χ4v) is 4.02. The second kappa shape index (κ2) is 7.51.